The van der Waals surface area contributed by atoms with Gasteiger partial charge in [-0.15, -0.1) is 0 Å². The van der Waals surface area contributed by atoms with Crippen molar-refractivity contribution in [2.45, 2.75) is 18.9 Å². The summed E-state index contributed by atoms with van der Waals surface area (Å²) in [6.07, 6.45) is 1.75. The average molecular weight is 318 g/mol. The molecule has 1 fully saturated rings. The maximum atomic E-state index is 10.2. The quantitative estimate of drug-likeness (QED) is 0.850. The van der Waals surface area contributed by atoms with Crippen LogP contribution in [-0.2, 0) is 4.74 Å². The molecule has 0 radical (unpaired) electrons. The van der Waals surface area contributed by atoms with Gasteiger partial charge in [0.25, 0.3) is 0 Å². The third-order valence-electron chi connectivity index (χ3n) is 2.87. The third-order valence-corrected chi connectivity index (χ3v) is 3.85. The largest absolute Gasteiger partial charge is 0.388 e. The minimum Gasteiger partial charge on any atom is -0.388 e. The van der Waals surface area contributed by atoms with Crippen LogP contribution in [0.3, 0.4) is 0 Å². The van der Waals surface area contributed by atoms with Gasteiger partial charge in [-0.1, -0.05) is 18.2 Å². The fourth-order valence-electron chi connectivity index (χ4n) is 1.98. The normalized spacial score (nSPS) is 23.7. The maximum Gasteiger partial charge on any atom is 0.0850 e. The van der Waals surface area contributed by atoms with Crippen molar-refractivity contribution in [2.24, 2.45) is 5.92 Å². The second kappa shape index (κ2) is 5.27. The summed E-state index contributed by atoms with van der Waals surface area (Å²) in [4.78, 5) is 0. The standard InChI is InChI=1S/C12H15IO2/c13-11-6-2-1-5-10(11)12(14)9-4-3-7-15-8-9/h1-2,5-6,9,12,14H,3-4,7-8H2. The van der Waals surface area contributed by atoms with Crippen molar-refractivity contribution in [1.29, 1.82) is 0 Å². The summed E-state index contributed by atoms with van der Waals surface area (Å²) >= 11 is 2.27. The first-order valence-corrected chi connectivity index (χ1v) is 6.37. The molecular weight excluding hydrogens is 303 g/mol. The molecule has 0 spiro atoms. The van der Waals surface area contributed by atoms with Crippen molar-refractivity contribution >= 4 is 22.6 Å². The van der Waals surface area contributed by atoms with E-state index in [1.807, 2.05) is 24.3 Å². The highest BCUT2D eigenvalue weighted by Gasteiger charge is 2.24. The zero-order valence-electron chi connectivity index (χ0n) is 8.53. The van der Waals surface area contributed by atoms with Crippen LogP contribution in [0.2, 0.25) is 0 Å². The zero-order chi connectivity index (χ0) is 10.7. The molecule has 2 rings (SSSR count). The molecule has 1 aliphatic rings. The minimum absolute atomic E-state index is 0.259. The van der Waals surface area contributed by atoms with Crippen molar-refractivity contribution in [1.82, 2.24) is 0 Å². The molecular formula is C12H15IO2. The highest BCUT2D eigenvalue weighted by Crippen LogP contribution is 2.30. The van der Waals surface area contributed by atoms with E-state index in [0.29, 0.717) is 6.61 Å². The predicted octanol–water partition coefficient (Wildman–Crippen LogP) is 2.75. The predicted molar refractivity (Wildman–Crippen MR) is 67.7 cm³/mol. The molecule has 1 aromatic carbocycles. The van der Waals surface area contributed by atoms with Crippen LogP contribution in [0, 0.1) is 9.49 Å². The smallest absolute Gasteiger partial charge is 0.0850 e. The third kappa shape index (κ3) is 2.71. The minimum atomic E-state index is -0.376. The lowest BCUT2D eigenvalue weighted by molar-refractivity contribution is -0.0103. The second-order valence-corrected chi connectivity index (χ2v) is 5.11. The van der Waals surface area contributed by atoms with E-state index in [-0.39, 0.29) is 12.0 Å². The summed E-state index contributed by atoms with van der Waals surface area (Å²) in [6, 6.07) is 8.00. The second-order valence-electron chi connectivity index (χ2n) is 3.94. The maximum absolute atomic E-state index is 10.2. The van der Waals surface area contributed by atoms with Crippen molar-refractivity contribution in [2.75, 3.05) is 13.2 Å². The number of benzene rings is 1. The molecule has 0 aliphatic carbocycles. The molecule has 0 saturated carbocycles. The van der Waals surface area contributed by atoms with Crippen LogP contribution in [0.4, 0.5) is 0 Å². The number of hydrogen-bond donors (Lipinski definition) is 1. The number of aliphatic hydroxyl groups excluding tert-OH is 1. The van der Waals surface area contributed by atoms with Crippen LogP contribution in [0.25, 0.3) is 0 Å². The van der Waals surface area contributed by atoms with Crippen LogP contribution in [0.15, 0.2) is 24.3 Å². The average Bonchev–Trinajstić information content (AvgIpc) is 2.30. The molecule has 0 amide bonds. The van der Waals surface area contributed by atoms with Crippen LogP contribution >= 0.6 is 22.6 Å². The summed E-state index contributed by atoms with van der Waals surface area (Å²) in [5.74, 6) is 0.259. The van der Waals surface area contributed by atoms with Gasteiger partial charge in [0.1, 0.15) is 0 Å². The molecule has 1 saturated heterocycles. The number of halogens is 1. The summed E-state index contributed by atoms with van der Waals surface area (Å²) in [5, 5.41) is 10.2. The number of aliphatic hydroxyl groups is 1. The molecule has 0 aromatic heterocycles. The molecule has 1 heterocycles. The van der Waals surface area contributed by atoms with Gasteiger partial charge in [0.2, 0.25) is 0 Å². The first-order valence-electron chi connectivity index (χ1n) is 5.29. The van der Waals surface area contributed by atoms with E-state index in [1.54, 1.807) is 0 Å². The van der Waals surface area contributed by atoms with Gasteiger partial charge in [-0.25, -0.2) is 0 Å². The van der Waals surface area contributed by atoms with Crippen LogP contribution in [-0.4, -0.2) is 18.3 Å². The van der Waals surface area contributed by atoms with Gasteiger partial charge in [-0.3, -0.25) is 0 Å². The van der Waals surface area contributed by atoms with E-state index < -0.39 is 0 Å². The Kier molecular flexibility index (Phi) is 3.99. The Balaban J connectivity index is 2.12. The lowest BCUT2D eigenvalue weighted by atomic mass is 9.91. The van der Waals surface area contributed by atoms with Gasteiger partial charge < -0.3 is 9.84 Å². The summed E-state index contributed by atoms with van der Waals surface area (Å²) in [7, 11) is 0. The molecule has 15 heavy (non-hydrogen) atoms. The summed E-state index contributed by atoms with van der Waals surface area (Å²) in [5.41, 5.74) is 1.04. The lowest BCUT2D eigenvalue weighted by Gasteiger charge is -2.27. The molecule has 2 nitrogen and oxygen atoms in total. The van der Waals surface area contributed by atoms with Crippen LogP contribution < -0.4 is 0 Å². The fraction of sp³-hybridized carbons (Fsp3) is 0.500. The first-order chi connectivity index (χ1) is 7.29. The fourth-order valence-corrected chi connectivity index (χ4v) is 2.69. The lowest BCUT2D eigenvalue weighted by Crippen LogP contribution is -2.24. The van der Waals surface area contributed by atoms with Crippen molar-refractivity contribution in [3.05, 3.63) is 33.4 Å². The van der Waals surface area contributed by atoms with Gasteiger partial charge in [0, 0.05) is 16.1 Å². The van der Waals surface area contributed by atoms with E-state index in [1.165, 1.54) is 0 Å². The van der Waals surface area contributed by atoms with Crippen molar-refractivity contribution in [3.63, 3.8) is 0 Å². The number of ether oxygens (including phenoxy) is 1. The Morgan fingerprint density at radius 2 is 2.20 bits per heavy atom. The van der Waals surface area contributed by atoms with Gasteiger partial charge in [0.15, 0.2) is 0 Å². The Morgan fingerprint density at radius 3 is 2.87 bits per heavy atom. The van der Waals surface area contributed by atoms with Crippen molar-refractivity contribution in [3.8, 4) is 0 Å². The van der Waals surface area contributed by atoms with Crippen LogP contribution in [0.5, 0.6) is 0 Å². The highest BCUT2D eigenvalue weighted by atomic mass is 127. The summed E-state index contributed by atoms with van der Waals surface area (Å²) in [6.45, 7) is 1.53. The van der Waals surface area contributed by atoms with E-state index in [9.17, 15) is 5.11 Å². The van der Waals surface area contributed by atoms with E-state index in [4.69, 9.17) is 4.74 Å². The van der Waals surface area contributed by atoms with Crippen LogP contribution in [0.1, 0.15) is 24.5 Å². The van der Waals surface area contributed by atoms with Gasteiger partial charge >= 0.3 is 0 Å². The SMILES string of the molecule is OC(c1ccccc1I)C1CCCOC1. The summed E-state index contributed by atoms with van der Waals surface area (Å²) < 4.78 is 6.53. The Bertz CT molecular complexity index is 321. The highest BCUT2D eigenvalue weighted by molar-refractivity contribution is 14.1. The van der Waals surface area contributed by atoms with Gasteiger partial charge in [-0.2, -0.15) is 0 Å². The number of rotatable bonds is 2. The van der Waals surface area contributed by atoms with Crippen molar-refractivity contribution < 1.29 is 9.84 Å². The first kappa shape index (κ1) is 11.4. The van der Waals surface area contributed by atoms with Gasteiger partial charge in [0.05, 0.1) is 12.7 Å². The van der Waals surface area contributed by atoms with E-state index in [2.05, 4.69) is 22.6 Å². The zero-order valence-corrected chi connectivity index (χ0v) is 10.7. The molecule has 2 unspecified atom stereocenters. The molecule has 1 N–H and O–H groups in total. The molecule has 0 bridgehead atoms. The Morgan fingerprint density at radius 1 is 1.40 bits per heavy atom. The van der Waals surface area contributed by atoms with E-state index >= 15 is 0 Å². The molecule has 3 heteroatoms. The topological polar surface area (TPSA) is 29.5 Å². The Hall–Kier alpha value is -0.130. The molecule has 1 aromatic rings. The monoisotopic (exact) mass is 318 g/mol. The molecule has 82 valence electrons. The van der Waals surface area contributed by atoms with E-state index in [0.717, 1.165) is 28.6 Å². The molecule has 1 aliphatic heterocycles. The Labute approximate surface area is 104 Å². The molecule has 2 atom stereocenters. The van der Waals surface area contributed by atoms with Gasteiger partial charge in [-0.05, 0) is 47.1 Å². The number of hydrogen-bond acceptors (Lipinski definition) is 2.